The summed E-state index contributed by atoms with van der Waals surface area (Å²) in [5, 5.41) is 4.50. The average Bonchev–Trinajstić information content (AvgIpc) is 2.88. The molecule has 1 fully saturated rings. The number of aromatic nitrogens is 2. The van der Waals surface area contributed by atoms with Gasteiger partial charge in [-0.1, -0.05) is 13.8 Å². The number of ketones is 1. The molecule has 6 heteroatoms. The summed E-state index contributed by atoms with van der Waals surface area (Å²) in [7, 11) is -2.94. The summed E-state index contributed by atoms with van der Waals surface area (Å²) in [6.07, 6.45) is 1.98. The monoisotopic (exact) mass is 284 g/mol. The topological polar surface area (TPSA) is 69.0 Å². The molecule has 1 unspecified atom stereocenters. The van der Waals surface area contributed by atoms with Crippen LogP contribution >= 0.6 is 0 Å². The van der Waals surface area contributed by atoms with Crippen LogP contribution in [0.1, 0.15) is 55.0 Å². The van der Waals surface area contributed by atoms with Gasteiger partial charge in [-0.2, -0.15) is 5.10 Å². The molecule has 1 saturated heterocycles. The summed E-state index contributed by atoms with van der Waals surface area (Å²) < 4.78 is 25.0. The smallest absolute Gasteiger partial charge is 0.163 e. The average molecular weight is 284 g/mol. The Hall–Kier alpha value is -1.17. The first-order valence-electron chi connectivity index (χ1n) is 6.71. The van der Waals surface area contributed by atoms with Crippen molar-refractivity contribution in [3.8, 4) is 0 Å². The summed E-state index contributed by atoms with van der Waals surface area (Å²) in [5.74, 6) is 0.375. The summed E-state index contributed by atoms with van der Waals surface area (Å²) >= 11 is 0. The first-order valence-corrected chi connectivity index (χ1v) is 8.53. The van der Waals surface area contributed by atoms with Crippen LogP contribution in [0.3, 0.4) is 0 Å². The number of sulfone groups is 1. The fourth-order valence-corrected chi connectivity index (χ4v) is 4.48. The minimum absolute atomic E-state index is 0.0146. The van der Waals surface area contributed by atoms with E-state index >= 15 is 0 Å². The molecule has 2 rings (SSSR count). The molecule has 2 heterocycles. The quantitative estimate of drug-likeness (QED) is 0.787. The van der Waals surface area contributed by atoms with Gasteiger partial charge in [-0.25, -0.2) is 8.42 Å². The maximum Gasteiger partial charge on any atom is 0.163 e. The van der Waals surface area contributed by atoms with Crippen molar-refractivity contribution in [3.63, 3.8) is 0 Å². The van der Waals surface area contributed by atoms with E-state index in [1.165, 1.54) is 0 Å². The third kappa shape index (κ3) is 2.59. The second kappa shape index (κ2) is 5.07. The van der Waals surface area contributed by atoms with Crippen molar-refractivity contribution in [1.82, 2.24) is 9.78 Å². The standard InChI is InChI=1S/C13H20N2O3S/c1-4-11-13(9(3)16)12(5-2)15(14-11)10-6-7-19(17,18)8-10/h10H,4-8H2,1-3H3. The normalized spacial score (nSPS) is 21.7. The van der Waals surface area contributed by atoms with E-state index in [1.807, 2.05) is 13.8 Å². The van der Waals surface area contributed by atoms with Gasteiger partial charge in [0, 0.05) is 5.69 Å². The lowest BCUT2D eigenvalue weighted by Gasteiger charge is -2.12. The number of carbonyl (C=O) groups is 1. The number of hydrogen-bond acceptors (Lipinski definition) is 4. The van der Waals surface area contributed by atoms with E-state index in [9.17, 15) is 13.2 Å². The van der Waals surface area contributed by atoms with Gasteiger partial charge < -0.3 is 0 Å². The maximum absolute atomic E-state index is 11.8. The molecule has 1 aliphatic rings. The van der Waals surface area contributed by atoms with E-state index in [2.05, 4.69) is 5.10 Å². The molecule has 0 spiro atoms. The van der Waals surface area contributed by atoms with Crippen LogP contribution in [-0.2, 0) is 22.7 Å². The molecule has 0 aromatic carbocycles. The van der Waals surface area contributed by atoms with Gasteiger partial charge in [-0.05, 0) is 26.2 Å². The van der Waals surface area contributed by atoms with Crippen LogP contribution in [-0.4, -0.2) is 35.5 Å². The summed E-state index contributed by atoms with van der Waals surface area (Å²) in [6.45, 7) is 5.48. The largest absolute Gasteiger partial charge is 0.294 e. The van der Waals surface area contributed by atoms with Gasteiger partial charge in [0.2, 0.25) is 0 Å². The first-order chi connectivity index (χ1) is 8.89. The zero-order chi connectivity index (χ0) is 14.2. The maximum atomic E-state index is 11.8. The SMILES string of the molecule is CCc1nn(C2CCS(=O)(=O)C2)c(CC)c1C(C)=O. The predicted octanol–water partition coefficient (Wildman–Crippen LogP) is 1.57. The van der Waals surface area contributed by atoms with Crippen molar-refractivity contribution in [2.75, 3.05) is 11.5 Å². The number of nitrogens with zero attached hydrogens (tertiary/aromatic N) is 2. The second-order valence-electron chi connectivity index (χ2n) is 5.03. The van der Waals surface area contributed by atoms with E-state index in [0.29, 0.717) is 24.8 Å². The van der Waals surface area contributed by atoms with E-state index in [0.717, 1.165) is 11.4 Å². The summed E-state index contributed by atoms with van der Waals surface area (Å²) in [4.78, 5) is 11.8. The Bertz CT molecular complexity index is 602. The van der Waals surface area contributed by atoms with Crippen molar-refractivity contribution in [2.45, 2.75) is 46.1 Å². The third-order valence-corrected chi connectivity index (χ3v) is 5.41. The molecular weight excluding hydrogens is 264 g/mol. The van der Waals surface area contributed by atoms with Crippen LogP contribution in [0.5, 0.6) is 0 Å². The lowest BCUT2D eigenvalue weighted by molar-refractivity contribution is 0.101. The Kier molecular flexibility index (Phi) is 3.80. The number of hydrogen-bond donors (Lipinski definition) is 0. The van der Waals surface area contributed by atoms with E-state index in [4.69, 9.17) is 0 Å². The molecule has 5 nitrogen and oxygen atoms in total. The Labute approximate surface area is 113 Å². The van der Waals surface area contributed by atoms with Crippen molar-refractivity contribution < 1.29 is 13.2 Å². The molecular formula is C13H20N2O3S. The second-order valence-corrected chi connectivity index (χ2v) is 7.26. The van der Waals surface area contributed by atoms with Gasteiger partial charge in [-0.3, -0.25) is 9.48 Å². The van der Waals surface area contributed by atoms with Crippen LogP contribution in [0.15, 0.2) is 0 Å². The van der Waals surface area contributed by atoms with Gasteiger partial charge in [0.1, 0.15) is 0 Å². The van der Waals surface area contributed by atoms with Crippen molar-refractivity contribution in [2.24, 2.45) is 0 Å². The molecule has 1 aromatic heterocycles. The first kappa shape index (κ1) is 14.2. The minimum atomic E-state index is -2.94. The number of carbonyl (C=O) groups excluding carboxylic acids is 1. The Morgan fingerprint density at radius 3 is 2.47 bits per heavy atom. The zero-order valence-corrected chi connectivity index (χ0v) is 12.5. The number of aryl methyl sites for hydroxylation is 1. The summed E-state index contributed by atoms with van der Waals surface area (Å²) in [5.41, 5.74) is 2.36. The van der Waals surface area contributed by atoms with Crippen LogP contribution in [0.25, 0.3) is 0 Å². The van der Waals surface area contributed by atoms with Gasteiger partial charge in [0.15, 0.2) is 15.6 Å². The fraction of sp³-hybridized carbons (Fsp3) is 0.692. The molecule has 0 radical (unpaired) electrons. The highest BCUT2D eigenvalue weighted by molar-refractivity contribution is 7.91. The lowest BCUT2D eigenvalue weighted by Crippen LogP contribution is -2.15. The third-order valence-electron chi connectivity index (χ3n) is 3.66. The predicted molar refractivity (Wildman–Crippen MR) is 73.3 cm³/mol. The minimum Gasteiger partial charge on any atom is -0.294 e. The van der Waals surface area contributed by atoms with Crippen LogP contribution in [0, 0.1) is 0 Å². The molecule has 19 heavy (non-hydrogen) atoms. The Morgan fingerprint density at radius 2 is 2.05 bits per heavy atom. The van der Waals surface area contributed by atoms with E-state index < -0.39 is 9.84 Å². The molecule has 1 atom stereocenters. The zero-order valence-electron chi connectivity index (χ0n) is 11.6. The van der Waals surface area contributed by atoms with Gasteiger partial charge in [0.25, 0.3) is 0 Å². The van der Waals surface area contributed by atoms with Crippen LogP contribution < -0.4 is 0 Å². The highest BCUT2D eigenvalue weighted by Crippen LogP contribution is 2.28. The molecule has 0 bridgehead atoms. The van der Waals surface area contributed by atoms with E-state index in [-0.39, 0.29) is 23.3 Å². The van der Waals surface area contributed by atoms with Crippen LogP contribution in [0.4, 0.5) is 0 Å². The van der Waals surface area contributed by atoms with Crippen molar-refractivity contribution >= 4 is 15.6 Å². The summed E-state index contributed by atoms with van der Waals surface area (Å²) in [6, 6.07) is -0.113. The Balaban J connectivity index is 2.49. The molecule has 0 aliphatic carbocycles. The van der Waals surface area contributed by atoms with E-state index in [1.54, 1.807) is 11.6 Å². The lowest BCUT2D eigenvalue weighted by atomic mass is 10.1. The van der Waals surface area contributed by atoms with Crippen molar-refractivity contribution in [1.29, 1.82) is 0 Å². The number of rotatable bonds is 4. The highest BCUT2D eigenvalue weighted by atomic mass is 32.2. The number of Topliss-reactive ketones (excluding diaryl/α,β-unsaturated/α-hetero) is 1. The molecule has 106 valence electrons. The molecule has 1 aromatic rings. The molecule has 1 aliphatic heterocycles. The van der Waals surface area contributed by atoms with Gasteiger partial charge >= 0.3 is 0 Å². The van der Waals surface area contributed by atoms with Gasteiger partial charge in [0.05, 0.1) is 28.8 Å². The Morgan fingerprint density at radius 1 is 1.37 bits per heavy atom. The molecule has 0 N–H and O–H groups in total. The van der Waals surface area contributed by atoms with Crippen molar-refractivity contribution in [3.05, 3.63) is 17.0 Å². The van der Waals surface area contributed by atoms with Gasteiger partial charge in [-0.15, -0.1) is 0 Å². The van der Waals surface area contributed by atoms with Crippen LogP contribution in [0.2, 0.25) is 0 Å². The fourth-order valence-electron chi connectivity index (χ4n) is 2.78. The highest BCUT2D eigenvalue weighted by Gasteiger charge is 2.32. The molecule has 0 saturated carbocycles. The molecule has 0 amide bonds.